The highest BCUT2D eigenvalue weighted by Crippen LogP contribution is 2.11. The van der Waals surface area contributed by atoms with E-state index in [9.17, 15) is 0 Å². The number of rotatable bonds is 2. The SMILES string of the molecule is N#Cc1cccc(CSC(N)=[NH2+])c1.[Cl-]. The van der Waals surface area contributed by atoms with Gasteiger partial charge in [-0.2, -0.15) is 5.26 Å². The van der Waals surface area contributed by atoms with Crippen molar-refractivity contribution in [2.24, 2.45) is 5.73 Å². The van der Waals surface area contributed by atoms with E-state index in [1.807, 2.05) is 18.2 Å². The van der Waals surface area contributed by atoms with Gasteiger partial charge in [0.25, 0.3) is 5.17 Å². The number of amidine groups is 1. The quantitative estimate of drug-likeness (QED) is 0.415. The molecule has 1 aromatic rings. The van der Waals surface area contributed by atoms with Crippen molar-refractivity contribution in [3.8, 4) is 6.07 Å². The fraction of sp³-hybridized carbons (Fsp3) is 0.111. The summed E-state index contributed by atoms with van der Waals surface area (Å²) < 4.78 is 0. The number of nitriles is 1. The van der Waals surface area contributed by atoms with E-state index in [1.165, 1.54) is 11.8 Å². The van der Waals surface area contributed by atoms with Crippen LogP contribution in [0.5, 0.6) is 0 Å². The highest BCUT2D eigenvalue weighted by molar-refractivity contribution is 8.12. The van der Waals surface area contributed by atoms with E-state index >= 15 is 0 Å². The maximum atomic E-state index is 8.63. The van der Waals surface area contributed by atoms with E-state index in [4.69, 9.17) is 16.4 Å². The largest absolute Gasteiger partial charge is 1.00 e. The molecule has 5 heteroatoms. The number of nitrogens with two attached hydrogens (primary N) is 2. The lowest BCUT2D eigenvalue weighted by Crippen LogP contribution is -3.00. The number of halogens is 1. The van der Waals surface area contributed by atoms with Crippen molar-refractivity contribution in [1.29, 1.82) is 5.26 Å². The smallest absolute Gasteiger partial charge is 0.300 e. The van der Waals surface area contributed by atoms with Crippen LogP contribution in [0.2, 0.25) is 0 Å². The zero-order valence-electron chi connectivity index (χ0n) is 7.40. The Bertz CT molecular complexity index is 359. The standard InChI is InChI=1S/C9H9N3S.ClH/c10-5-7-2-1-3-8(4-7)6-13-9(11)12;/h1-4H,6H2,(H3,11,12);1H. The van der Waals surface area contributed by atoms with Crippen LogP contribution in [0.1, 0.15) is 11.1 Å². The van der Waals surface area contributed by atoms with E-state index < -0.39 is 0 Å². The van der Waals surface area contributed by atoms with E-state index in [-0.39, 0.29) is 12.4 Å². The van der Waals surface area contributed by atoms with Crippen LogP contribution in [-0.4, -0.2) is 5.17 Å². The van der Waals surface area contributed by atoms with E-state index in [1.54, 1.807) is 6.07 Å². The molecule has 0 aliphatic rings. The molecule has 0 bridgehead atoms. The van der Waals surface area contributed by atoms with Crippen LogP contribution < -0.4 is 23.5 Å². The second kappa shape index (κ2) is 6.30. The van der Waals surface area contributed by atoms with Gasteiger partial charge in [-0.05, 0) is 29.5 Å². The molecular formula is C9H10ClN3S. The first-order valence-electron chi connectivity index (χ1n) is 3.72. The van der Waals surface area contributed by atoms with Crippen LogP contribution in [0.25, 0.3) is 0 Å². The van der Waals surface area contributed by atoms with Crippen LogP contribution in [-0.2, 0) is 5.75 Å². The Morgan fingerprint density at radius 2 is 2.29 bits per heavy atom. The molecule has 0 fully saturated rings. The molecule has 0 amide bonds. The van der Waals surface area contributed by atoms with Gasteiger partial charge in [-0.25, -0.2) is 0 Å². The molecule has 0 heterocycles. The van der Waals surface area contributed by atoms with Gasteiger partial charge in [-0.1, -0.05) is 12.1 Å². The van der Waals surface area contributed by atoms with Gasteiger partial charge in [-0.3, -0.25) is 11.1 Å². The minimum atomic E-state index is 0. The molecule has 0 atom stereocenters. The lowest BCUT2D eigenvalue weighted by Gasteiger charge is -1.97. The normalized spacial score (nSPS) is 8.50. The summed E-state index contributed by atoms with van der Waals surface area (Å²) in [4.78, 5) is 0. The highest BCUT2D eigenvalue weighted by atomic mass is 35.5. The summed E-state index contributed by atoms with van der Waals surface area (Å²) >= 11 is 1.37. The third kappa shape index (κ3) is 4.17. The first-order chi connectivity index (χ1) is 6.22. The Morgan fingerprint density at radius 1 is 1.57 bits per heavy atom. The molecule has 4 N–H and O–H groups in total. The number of hydrogen-bond donors (Lipinski definition) is 2. The first-order valence-corrected chi connectivity index (χ1v) is 4.70. The van der Waals surface area contributed by atoms with Gasteiger partial charge in [0.05, 0.1) is 11.6 Å². The van der Waals surface area contributed by atoms with E-state index in [0.29, 0.717) is 16.5 Å². The zero-order chi connectivity index (χ0) is 9.68. The van der Waals surface area contributed by atoms with Crippen molar-refractivity contribution in [1.82, 2.24) is 0 Å². The summed E-state index contributed by atoms with van der Waals surface area (Å²) in [5.74, 6) is 0.706. The molecule has 14 heavy (non-hydrogen) atoms. The van der Waals surface area contributed by atoms with Crippen LogP contribution in [0.3, 0.4) is 0 Å². The summed E-state index contributed by atoms with van der Waals surface area (Å²) in [5.41, 5.74) is 7.02. The summed E-state index contributed by atoms with van der Waals surface area (Å²) in [6.45, 7) is 0. The average molecular weight is 228 g/mol. The van der Waals surface area contributed by atoms with Gasteiger partial charge in [0.15, 0.2) is 0 Å². The summed E-state index contributed by atoms with van der Waals surface area (Å²) in [5, 5.41) is 14.3. The minimum Gasteiger partial charge on any atom is -1.00 e. The van der Waals surface area contributed by atoms with E-state index in [2.05, 4.69) is 6.07 Å². The topological polar surface area (TPSA) is 75.4 Å². The Kier molecular flexibility index (Phi) is 5.77. The monoisotopic (exact) mass is 227 g/mol. The molecule has 0 spiro atoms. The van der Waals surface area contributed by atoms with Gasteiger partial charge >= 0.3 is 0 Å². The summed E-state index contributed by atoms with van der Waals surface area (Å²) in [7, 11) is 0. The van der Waals surface area contributed by atoms with Gasteiger partial charge < -0.3 is 12.4 Å². The predicted molar refractivity (Wildman–Crippen MR) is 53.6 cm³/mol. The molecule has 3 nitrogen and oxygen atoms in total. The van der Waals surface area contributed by atoms with Crippen LogP contribution in [0.15, 0.2) is 24.3 Å². The molecule has 1 aromatic carbocycles. The fourth-order valence-electron chi connectivity index (χ4n) is 0.897. The second-order valence-corrected chi connectivity index (χ2v) is 3.55. The lowest BCUT2D eigenvalue weighted by atomic mass is 10.2. The molecule has 74 valence electrons. The lowest BCUT2D eigenvalue weighted by molar-refractivity contribution is -0.110. The minimum absolute atomic E-state index is 0. The number of thioether (sulfide) groups is 1. The van der Waals surface area contributed by atoms with Crippen LogP contribution in [0, 0.1) is 11.3 Å². The first kappa shape index (κ1) is 12.8. The van der Waals surface area contributed by atoms with Gasteiger partial charge in [0.2, 0.25) is 0 Å². The number of benzene rings is 1. The molecular weight excluding hydrogens is 218 g/mol. The Morgan fingerprint density at radius 3 is 2.86 bits per heavy atom. The molecule has 0 unspecified atom stereocenters. The fourth-order valence-corrected chi connectivity index (χ4v) is 1.41. The van der Waals surface area contributed by atoms with Crippen LogP contribution in [0.4, 0.5) is 0 Å². The van der Waals surface area contributed by atoms with Crippen molar-refractivity contribution in [2.45, 2.75) is 5.75 Å². The molecule has 0 saturated carbocycles. The summed E-state index contributed by atoms with van der Waals surface area (Å²) in [6, 6.07) is 9.46. The Labute approximate surface area is 93.2 Å². The van der Waals surface area contributed by atoms with Gasteiger partial charge in [0, 0.05) is 5.75 Å². The van der Waals surface area contributed by atoms with Crippen molar-refractivity contribution >= 4 is 16.9 Å². The molecule has 0 aliphatic carbocycles. The van der Waals surface area contributed by atoms with E-state index in [0.717, 1.165) is 5.56 Å². The molecule has 0 aromatic heterocycles. The van der Waals surface area contributed by atoms with Crippen molar-refractivity contribution in [2.75, 3.05) is 0 Å². The number of hydrogen-bond acceptors (Lipinski definition) is 2. The Hall–Kier alpha value is -1.18. The number of nitrogens with zero attached hydrogens (tertiary/aromatic N) is 1. The van der Waals surface area contributed by atoms with Crippen molar-refractivity contribution in [3.63, 3.8) is 0 Å². The highest BCUT2D eigenvalue weighted by Gasteiger charge is 1.99. The average Bonchev–Trinajstić information content (AvgIpc) is 2.15. The maximum absolute atomic E-state index is 8.63. The molecule has 0 radical (unpaired) electrons. The Balaban J connectivity index is 0.00000169. The molecule has 1 rings (SSSR count). The van der Waals surface area contributed by atoms with Crippen molar-refractivity contribution in [3.05, 3.63) is 35.4 Å². The zero-order valence-corrected chi connectivity index (χ0v) is 8.98. The van der Waals surface area contributed by atoms with Gasteiger partial charge in [-0.15, -0.1) is 0 Å². The predicted octanol–water partition coefficient (Wildman–Crippen LogP) is -3.13. The molecule has 0 aliphatic heterocycles. The third-order valence-electron chi connectivity index (χ3n) is 1.46. The van der Waals surface area contributed by atoms with Gasteiger partial charge in [0.1, 0.15) is 0 Å². The second-order valence-electron chi connectivity index (χ2n) is 2.50. The third-order valence-corrected chi connectivity index (χ3v) is 2.27. The van der Waals surface area contributed by atoms with Crippen molar-refractivity contribution < 1.29 is 17.8 Å². The van der Waals surface area contributed by atoms with Crippen LogP contribution >= 0.6 is 11.8 Å². The molecule has 0 saturated heterocycles. The summed E-state index contributed by atoms with van der Waals surface area (Å²) in [6.07, 6.45) is 0. The maximum Gasteiger partial charge on any atom is 0.300 e.